The molecule has 0 spiro atoms. The number of benzene rings is 2. The molecule has 0 unspecified atom stereocenters. The van der Waals surface area contributed by atoms with Crippen molar-refractivity contribution in [1.82, 2.24) is 5.32 Å². The molecule has 0 saturated heterocycles. The van der Waals surface area contributed by atoms with Gasteiger partial charge in [-0.15, -0.1) is 0 Å². The maximum Gasteiger partial charge on any atom is 0.263 e. The first-order chi connectivity index (χ1) is 13.8. The van der Waals surface area contributed by atoms with Gasteiger partial charge in [-0.1, -0.05) is 30.3 Å². The average Bonchev–Trinajstić information content (AvgIpc) is 2.72. The number of rotatable bonds is 7. The predicted molar refractivity (Wildman–Crippen MR) is 112 cm³/mol. The summed E-state index contributed by atoms with van der Waals surface area (Å²) in [5.74, 6) is 0.698. The van der Waals surface area contributed by atoms with E-state index >= 15 is 0 Å². The zero-order valence-corrected chi connectivity index (χ0v) is 17.6. The van der Waals surface area contributed by atoms with Gasteiger partial charge in [-0.05, 0) is 44.5 Å². The van der Waals surface area contributed by atoms with Crippen LogP contribution in [0.1, 0.15) is 19.4 Å². The van der Waals surface area contributed by atoms with Crippen LogP contribution in [-0.4, -0.2) is 45.4 Å². The smallest absolute Gasteiger partial charge is 0.263 e. The van der Waals surface area contributed by atoms with Gasteiger partial charge in [0.2, 0.25) is 10.0 Å². The Kier molecular flexibility index (Phi) is 6.32. The summed E-state index contributed by atoms with van der Waals surface area (Å²) in [5.41, 5.74) is 1.47. The van der Waals surface area contributed by atoms with Crippen molar-refractivity contribution in [3.8, 4) is 11.5 Å². The highest BCUT2D eigenvalue weighted by Crippen LogP contribution is 2.35. The summed E-state index contributed by atoms with van der Waals surface area (Å²) in [4.78, 5) is 12.7. The molecule has 3 rings (SSSR count). The summed E-state index contributed by atoms with van der Waals surface area (Å²) in [6.07, 6.45) is -0.938. The SMILES string of the molecule is CCS(=O)(=O)N1C[C@H](C(=O)N[C@H](C)COc2ccccc2C)Oc2ccccc21. The van der Waals surface area contributed by atoms with Crippen LogP contribution in [0.3, 0.4) is 0 Å². The molecular weight excluding hydrogens is 392 g/mol. The molecule has 0 aromatic heterocycles. The Bertz CT molecular complexity index is 977. The van der Waals surface area contributed by atoms with Crippen LogP contribution < -0.4 is 19.1 Å². The molecule has 0 radical (unpaired) electrons. The number of fused-ring (bicyclic) bond motifs is 1. The van der Waals surface area contributed by atoms with Gasteiger partial charge in [0.25, 0.3) is 5.91 Å². The summed E-state index contributed by atoms with van der Waals surface area (Å²) in [6, 6.07) is 14.2. The average molecular weight is 419 g/mol. The normalized spacial score (nSPS) is 17.1. The van der Waals surface area contributed by atoms with Gasteiger partial charge in [0.05, 0.1) is 24.0 Å². The number of carbonyl (C=O) groups is 1. The fraction of sp³-hybridized carbons (Fsp3) is 0.381. The van der Waals surface area contributed by atoms with Crippen molar-refractivity contribution in [3.63, 3.8) is 0 Å². The summed E-state index contributed by atoms with van der Waals surface area (Å²) in [7, 11) is -3.53. The monoisotopic (exact) mass is 418 g/mol. The van der Waals surface area contributed by atoms with Crippen LogP contribution in [0.5, 0.6) is 11.5 Å². The molecule has 2 aromatic rings. The number of hydrogen-bond donors (Lipinski definition) is 1. The van der Waals surface area contributed by atoms with E-state index in [9.17, 15) is 13.2 Å². The standard InChI is InChI=1S/C21H26N2O5S/c1-4-29(25,26)23-13-20(28-19-12-8-6-10-17(19)23)21(24)22-16(3)14-27-18-11-7-5-9-15(18)2/h5-12,16,20H,4,13-14H2,1-3H3,(H,22,24)/t16-,20-/m1/s1. The lowest BCUT2D eigenvalue weighted by atomic mass is 10.2. The minimum atomic E-state index is -3.53. The first-order valence-corrected chi connectivity index (χ1v) is 11.2. The van der Waals surface area contributed by atoms with E-state index in [4.69, 9.17) is 9.47 Å². The summed E-state index contributed by atoms with van der Waals surface area (Å²) >= 11 is 0. The third kappa shape index (κ3) is 4.82. The van der Waals surface area contributed by atoms with E-state index in [2.05, 4.69) is 5.32 Å². The summed E-state index contributed by atoms with van der Waals surface area (Å²) in [5, 5.41) is 2.85. The molecule has 8 heteroatoms. The van der Waals surface area contributed by atoms with Crippen molar-refractivity contribution >= 4 is 21.6 Å². The molecule has 2 aromatic carbocycles. The van der Waals surface area contributed by atoms with E-state index in [1.54, 1.807) is 31.2 Å². The lowest BCUT2D eigenvalue weighted by Gasteiger charge is -2.34. The molecule has 0 fully saturated rings. The lowest BCUT2D eigenvalue weighted by molar-refractivity contribution is -0.128. The molecule has 0 saturated carbocycles. The van der Waals surface area contributed by atoms with E-state index in [0.29, 0.717) is 11.4 Å². The van der Waals surface area contributed by atoms with Crippen molar-refractivity contribution in [3.05, 3.63) is 54.1 Å². The number of anilines is 1. The molecule has 7 nitrogen and oxygen atoms in total. The number of para-hydroxylation sites is 3. The van der Waals surface area contributed by atoms with Crippen LogP contribution in [-0.2, 0) is 14.8 Å². The molecule has 1 heterocycles. The highest BCUT2D eigenvalue weighted by atomic mass is 32.2. The van der Waals surface area contributed by atoms with Crippen LogP contribution in [0.2, 0.25) is 0 Å². The molecule has 0 bridgehead atoms. The van der Waals surface area contributed by atoms with Gasteiger partial charge in [-0.3, -0.25) is 9.10 Å². The molecule has 156 valence electrons. The summed E-state index contributed by atoms with van der Waals surface area (Å²) in [6.45, 7) is 5.58. The van der Waals surface area contributed by atoms with Crippen LogP contribution in [0.25, 0.3) is 0 Å². The quantitative estimate of drug-likeness (QED) is 0.747. The number of ether oxygens (including phenoxy) is 2. The first kappa shape index (κ1) is 21.0. The predicted octanol–water partition coefficient (Wildman–Crippen LogP) is 2.50. The molecular formula is C21H26N2O5S. The van der Waals surface area contributed by atoms with Crippen molar-refractivity contribution in [2.45, 2.75) is 32.9 Å². The number of aryl methyl sites for hydroxylation is 1. The lowest BCUT2D eigenvalue weighted by Crippen LogP contribution is -2.53. The Morgan fingerprint density at radius 2 is 1.93 bits per heavy atom. The first-order valence-electron chi connectivity index (χ1n) is 9.56. The molecule has 29 heavy (non-hydrogen) atoms. The number of carbonyl (C=O) groups excluding carboxylic acids is 1. The highest BCUT2D eigenvalue weighted by Gasteiger charge is 2.36. The van der Waals surface area contributed by atoms with E-state index < -0.39 is 16.1 Å². The maximum atomic E-state index is 12.7. The Labute approximate surface area is 171 Å². The van der Waals surface area contributed by atoms with Gasteiger partial charge in [0.1, 0.15) is 18.1 Å². The van der Waals surface area contributed by atoms with Crippen molar-refractivity contribution in [2.75, 3.05) is 23.2 Å². The fourth-order valence-corrected chi connectivity index (χ4v) is 4.19. The van der Waals surface area contributed by atoms with Crippen LogP contribution in [0.15, 0.2) is 48.5 Å². The number of nitrogens with zero attached hydrogens (tertiary/aromatic N) is 1. The summed E-state index contributed by atoms with van der Waals surface area (Å²) < 4.78 is 37.9. The van der Waals surface area contributed by atoms with E-state index in [1.165, 1.54) is 4.31 Å². The largest absolute Gasteiger partial charge is 0.491 e. The van der Waals surface area contributed by atoms with Crippen LogP contribution in [0.4, 0.5) is 5.69 Å². The van der Waals surface area contributed by atoms with Gasteiger partial charge >= 0.3 is 0 Å². The fourth-order valence-electron chi connectivity index (χ4n) is 3.07. The van der Waals surface area contributed by atoms with Crippen molar-refractivity contribution in [2.24, 2.45) is 0 Å². The Morgan fingerprint density at radius 1 is 1.24 bits per heavy atom. The second-order valence-electron chi connectivity index (χ2n) is 6.99. The Balaban J connectivity index is 1.67. The van der Waals surface area contributed by atoms with E-state index in [-0.39, 0.29) is 30.9 Å². The second-order valence-corrected chi connectivity index (χ2v) is 9.17. The van der Waals surface area contributed by atoms with Gasteiger partial charge in [0.15, 0.2) is 6.10 Å². The molecule has 1 aliphatic heterocycles. The van der Waals surface area contributed by atoms with Gasteiger partial charge in [0, 0.05) is 0 Å². The topological polar surface area (TPSA) is 84.9 Å². The molecule has 1 amide bonds. The van der Waals surface area contributed by atoms with E-state index in [0.717, 1.165) is 11.3 Å². The molecule has 1 N–H and O–H groups in total. The highest BCUT2D eigenvalue weighted by molar-refractivity contribution is 7.92. The van der Waals surface area contributed by atoms with Crippen molar-refractivity contribution in [1.29, 1.82) is 0 Å². The van der Waals surface area contributed by atoms with Crippen LogP contribution >= 0.6 is 0 Å². The third-order valence-corrected chi connectivity index (χ3v) is 6.45. The Hall–Kier alpha value is -2.74. The number of hydrogen-bond acceptors (Lipinski definition) is 5. The van der Waals surface area contributed by atoms with Crippen LogP contribution in [0, 0.1) is 6.92 Å². The number of amides is 1. The number of nitrogens with one attached hydrogen (secondary N) is 1. The molecule has 1 aliphatic rings. The van der Waals surface area contributed by atoms with E-state index in [1.807, 2.05) is 38.1 Å². The van der Waals surface area contributed by atoms with Crippen molar-refractivity contribution < 1.29 is 22.7 Å². The Morgan fingerprint density at radius 3 is 2.66 bits per heavy atom. The molecule has 2 atom stereocenters. The van der Waals surface area contributed by atoms with Gasteiger partial charge < -0.3 is 14.8 Å². The maximum absolute atomic E-state index is 12.7. The minimum absolute atomic E-state index is 0.0592. The number of sulfonamides is 1. The third-order valence-electron chi connectivity index (χ3n) is 4.70. The minimum Gasteiger partial charge on any atom is -0.491 e. The zero-order valence-electron chi connectivity index (χ0n) is 16.8. The molecule has 0 aliphatic carbocycles. The second kappa shape index (κ2) is 8.73. The zero-order chi connectivity index (χ0) is 21.0. The van der Waals surface area contributed by atoms with Gasteiger partial charge in [-0.25, -0.2) is 8.42 Å². The van der Waals surface area contributed by atoms with Gasteiger partial charge in [-0.2, -0.15) is 0 Å².